The molecule has 2 unspecified atom stereocenters. The molecule has 8 nitrogen and oxygen atoms in total. The van der Waals surface area contributed by atoms with Crippen LogP contribution in [0.3, 0.4) is 0 Å². The average Bonchev–Trinajstić information content (AvgIpc) is 3.45. The first kappa shape index (κ1) is 22.7. The first-order chi connectivity index (χ1) is 17.7. The molecular weight excluding hydrogens is 460 g/mol. The van der Waals surface area contributed by atoms with E-state index in [1.54, 1.807) is 10.8 Å². The van der Waals surface area contributed by atoms with E-state index in [1.807, 2.05) is 30.3 Å². The fourth-order valence-corrected chi connectivity index (χ4v) is 4.97. The summed E-state index contributed by atoms with van der Waals surface area (Å²) < 4.78 is 30.7. The van der Waals surface area contributed by atoms with E-state index in [2.05, 4.69) is 17.1 Å². The van der Waals surface area contributed by atoms with Crippen molar-refractivity contribution < 1.29 is 23.7 Å². The monoisotopic (exact) mass is 488 g/mol. The molecule has 1 saturated heterocycles. The third-order valence-electron chi connectivity index (χ3n) is 6.80. The molecule has 0 spiro atoms. The molecule has 1 aliphatic carbocycles. The number of rotatable bonds is 7. The van der Waals surface area contributed by atoms with Crippen LogP contribution in [0, 0.1) is 0 Å². The molecule has 1 aromatic heterocycles. The molecule has 6 rings (SSSR count). The number of ether oxygens (including phenoxy) is 5. The SMILES string of the molecule is O=c1nc(OCC2CCCO2)cc2n1CCc1cc(OC(C3=CC=CCC3)C3=COC=CO3)ccc1-2. The van der Waals surface area contributed by atoms with Crippen molar-refractivity contribution in [3.8, 4) is 22.9 Å². The van der Waals surface area contributed by atoms with E-state index in [0.29, 0.717) is 31.2 Å². The number of hydrogen-bond donors (Lipinski definition) is 0. The maximum Gasteiger partial charge on any atom is 0.351 e. The van der Waals surface area contributed by atoms with Crippen LogP contribution in [0.4, 0.5) is 0 Å². The topological polar surface area (TPSA) is 81.0 Å². The molecule has 4 aliphatic rings. The first-order valence-electron chi connectivity index (χ1n) is 12.4. The zero-order valence-electron chi connectivity index (χ0n) is 19.9. The summed E-state index contributed by atoms with van der Waals surface area (Å²) in [5, 5.41) is 0. The Bertz CT molecular complexity index is 1320. The van der Waals surface area contributed by atoms with E-state index in [4.69, 9.17) is 23.7 Å². The van der Waals surface area contributed by atoms with Gasteiger partial charge in [0.15, 0.2) is 11.9 Å². The van der Waals surface area contributed by atoms with Crippen LogP contribution in [0.15, 0.2) is 77.4 Å². The average molecular weight is 489 g/mol. The van der Waals surface area contributed by atoms with Crippen LogP contribution in [0.1, 0.15) is 31.2 Å². The van der Waals surface area contributed by atoms with Gasteiger partial charge >= 0.3 is 5.69 Å². The predicted molar refractivity (Wildman–Crippen MR) is 132 cm³/mol. The fraction of sp³-hybridized carbons (Fsp3) is 0.357. The summed E-state index contributed by atoms with van der Waals surface area (Å²) in [6.07, 6.45) is 15.1. The second-order valence-corrected chi connectivity index (χ2v) is 9.18. The van der Waals surface area contributed by atoms with Crippen molar-refractivity contribution in [3.63, 3.8) is 0 Å². The molecular formula is C28H28N2O6. The highest BCUT2D eigenvalue weighted by Crippen LogP contribution is 2.34. The van der Waals surface area contributed by atoms with Crippen molar-refractivity contribution in [3.05, 3.63) is 88.7 Å². The van der Waals surface area contributed by atoms with Crippen LogP contribution in [0.2, 0.25) is 0 Å². The molecule has 4 heterocycles. The van der Waals surface area contributed by atoms with Gasteiger partial charge in [-0.1, -0.05) is 18.2 Å². The number of fused-ring (bicyclic) bond motifs is 3. The third kappa shape index (κ3) is 4.68. The molecule has 1 fully saturated rings. The van der Waals surface area contributed by atoms with Gasteiger partial charge in [0.25, 0.3) is 0 Å². The molecule has 1 aromatic carbocycles. The van der Waals surface area contributed by atoms with Gasteiger partial charge in [0.1, 0.15) is 31.1 Å². The van der Waals surface area contributed by atoms with E-state index in [1.165, 1.54) is 12.5 Å². The van der Waals surface area contributed by atoms with Crippen molar-refractivity contribution in [2.24, 2.45) is 0 Å². The van der Waals surface area contributed by atoms with Crippen LogP contribution in [-0.4, -0.2) is 35.0 Å². The minimum absolute atomic E-state index is 0.0597. The third-order valence-corrected chi connectivity index (χ3v) is 6.80. The molecule has 8 heteroatoms. The van der Waals surface area contributed by atoms with Crippen LogP contribution in [0.25, 0.3) is 11.3 Å². The minimum Gasteiger partial charge on any atom is -0.478 e. The largest absolute Gasteiger partial charge is 0.478 e. The predicted octanol–water partition coefficient (Wildman–Crippen LogP) is 4.41. The van der Waals surface area contributed by atoms with Gasteiger partial charge in [-0.3, -0.25) is 4.57 Å². The van der Waals surface area contributed by atoms with Crippen molar-refractivity contribution in [2.75, 3.05) is 13.2 Å². The number of nitrogens with zero attached hydrogens (tertiary/aromatic N) is 2. The van der Waals surface area contributed by atoms with Crippen LogP contribution < -0.4 is 15.2 Å². The fourth-order valence-electron chi connectivity index (χ4n) is 4.97. The second kappa shape index (κ2) is 10.1. The molecule has 0 amide bonds. The van der Waals surface area contributed by atoms with Crippen molar-refractivity contribution in [2.45, 2.75) is 50.9 Å². The summed E-state index contributed by atoms with van der Waals surface area (Å²) in [5.74, 6) is 1.67. The van der Waals surface area contributed by atoms with Gasteiger partial charge in [0.2, 0.25) is 5.88 Å². The summed E-state index contributed by atoms with van der Waals surface area (Å²) in [5.41, 5.74) is 3.71. The van der Waals surface area contributed by atoms with E-state index < -0.39 is 6.10 Å². The molecule has 186 valence electrons. The Labute approximate surface area is 209 Å². The summed E-state index contributed by atoms with van der Waals surface area (Å²) in [4.78, 5) is 16.9. The van der Waals surface area contributed by atoms with E-state index in [9.17, 15) is 4.79 Å². The van der Waals surface area contributed by atoms with E-state index in [0.717, 1.165) is 60.4 Å². The number of allylic oxidation sites excluding steroid dienone is 3. The van der Waals surface area contributed by atoms with Gasteiger partial charge in [-0.2, -0.15) is 4.98 Å². The lowest BCUT2D eigenvalue weighted by atomic mass is 9.96. The highest BCUT2D eigenvalue weighted by molar-refractivity contribution is 5.67. The molecule has 2 atom stereocenters. The zero-order valence-corrected chi connectivity index (χ0v) is 19.9. The van der Waals surface area contributed by atoms with Gasteiger partial charge in [-0.15, -0.1) is 0 Å². The highest BCUT2D eigenvalue weighted by Gasteiger charge is 2.26. The van der Waals surface area contributed by atoms with Crippen molar-refractivity contribution in [1.82, 2.24) is 9.55 Å². The first-order valence-corrected chi connectivity index (χ1v) is 12.4. The van der Waals surface area contributed by atoms with Gasteiger partial charge < -0.3 is 23.7 Å². The maximum atomic E-state index is 12.7. The van der Waals surface area contributed by atoms with Gasteiger partial charge in [-0.25, -0.2) is 4.79 Å². The van der Waals surface area contributed by atoms with Crippen LogP contribution in [0.5, 0.6) is 11.6 Å². The number of hydrogen-bond acceptors (Lipinski definition) is 7. The lowest BCUT2D eigenvalue weighted by Gasteiger charge is -2.27. The number of aromatic nitrogens is 2. The van der Waals surface area contributed by atoms with E-state index >= 15 is 0 Å². The van der Waals surface area contributed by atoms with Crippen molar-refractivity contribution >= 4 is 0 Å². The smallest absolute Gasteiger partial charge is 0.351 e. The zero-order chi connectivity index (χ0) is 24.3. The Hall–Kier alpha value is -3.78. The Kier molecular flexibility index (Phi) is 6.34. The molecule has 2 aromatic rings. The van der Waals surface area contributed by atoms with Crippen molar-refractivity contribution in [1.29, 1.82) is 0 Å². The normalized spacial score (nSPS) is 20.8. The maximum absolute atomic E-state index is 12.7. The van der Waals surface area contributed by atoms with Crippen LogP contribution in [-0.2, 0) is 27.2 Å². The van der Waals surface area contributed by atoms with Gasteiger partial charge in [-0.05, 0) is 61.4 Å². The standard InChI is InChI=1S/C28H28N2O6/c31-28-29-26(35-17-22-7-4-12-33-22)16-24-23-9-8-21(15-20(23)10-11-30(24)28)36-27(19-5-2-1-3-6-19)25-18-32-13-14-34-25/h1-2,5,8-9,13-16,18,22,27H,3-4,6-7,10-12,17H2. The molecule has 0 saturated carbocycles. The summed E-state index contributed by atoms with van der Waals surface area (Å²) in [6, 6.07) is 7.82. The Morgan fingerprint density at radius 3 is 2.97 bits per heavy atom. The van der Waals surface area contributed by atoms with Gasteiger partial charge in [0, 0.05) is 24.8 Å². The molecule has 0 N–H and O–H groups in total. The molecule has 36 heavy (non-hydrogen) atoms. The lowest BCUT2D eigenvalue weighted by Crippen LogP contribution is -2.29. The Morgan fingerprint density at radius 2 is 2.17 bits per heavy atom. The summed E-state index contributed by atoms with van der Waals surface area (Å²) >= 11 is 0. The van der Waals surface area contributed by atoms with Gasteiger partial charge in [0.05, 0.1) is 11.8 Å². The minimum atomic E-state index is -0.390. The highest BCUT2D eigenvalue weighted by atomic mass is 16.6. The number of aryl methyl sites for hydroxylation is 1. The van der Waals surface area contributed by atoms with E-state index in [-0.39, 0.29) is 11.8 Å². The molecule has 0 radical (unpaired) electrons. The summed E-state index contributed by atoms with van der Waals surface area (Å²) in [6.45, 7) is 1.71. The quantitative estimate of drug-likeness (QED) is 0.571. The van der Waals surface area contributed by atoms with Crippen LogP contribution >= 0.6 is 0 Å². The molecule has 0 bridgehead atoms. The Morgan fingerprint density at radius 1 is 1.19 bits per heavy atom. The lowest BCUT2D eigenvalue weighted by molar-refractivity contribution is 0.0661. The Balaban J connectivity index is 1.26. The molecule has 3 aliphatic heterocycles. The number of benzene rings is 1. The second-order valence-electron chi connectivity index (χ2n) is 9.18. The summed E-state index contributed by atoms with van der Waals surface area (Å²) in [7, 11) is 0.